The first kappa shape index (κ1) is 15.0. The van der Waals surface area contributed by atoms with Gasteiger partial charge in [-0.1, -0.05) is 0 Å². The number of hydrogen-bond acceptors (Lipinski definition) is 4. The predicted octanol–water partition coefficient (Wildman–Crippen LogP) is 1.97. The Morgan fingerprint density at radius 1 is 1.07 bits per heavy atom. The van der Waals surface area contributed by atoms with Gasteiger partial charge in [0, 0.05) is 6.92 Å². The molecule has 90 valence electrons. The third-order valence-corrected chi connectivity index (χ3v) is 10.3. The van der Waals surface area contributed by atoms with Crippen LogP contribution in [0.2, 0.25) is 39.3 Å². The maximum Gasteiger partial charge on any atom is 0.386 e. The summed E-state index contributed by atoms with van der Waals surface area (Å²) in [5, 5.41) is 0. The lowest BCUT2D eigenvalue weighted by Gasteiger charge is -2.33. The number of hydrogen-bond donors (Lipinski definition) is 0. The van der Waals surface area contributed by atoms with Crippen LogP contribution >= 0.6 is 0 Å². The summed E-state index contributed by atoms with van der Waals surface area (Å²) in [7, 11) is -5.58. The molecule has 0 heterocycles. The van der Waals surface area contributed by atoms with Gasteiger partial charge in [-0.05, 0) is 39.3 Å². The van der Waals surface area contributed by atoms with E-state index < -0.39 is 26.2 Å². The van der Waals surface area contributed by atoms with Gasteiger partial charge in [0.05, 0.1) is 0 Å². The molecule has 0 aliphatic heterocycles. The van der Waals surface area contributed by atoms with E-state index in [2.05, 4.69) is 13.1 Å². The van der Waals surface area contributed by atoms with Crippen molar-refractivity contribution in [2.75, 3.05) is 0 Å². The molecule has 0 N–H and O–H groups in total. The van der Waals surface area contributed by atoms with Crippen molar-refractivity contribution < 1.29 is 17.5 Å². The van der Waals surface area contributed by atoms with Crippen molar-refractivity contribution >= 4 is 32.1 Å². The third kappa shape index (κ3) is 7.91. The van der Waals surface area contributed by atoms with Gasteiger partial charge in [0.25, 0.3) is 5.97 Å². The maximum atomic E-state index is 10.9. The molecule has 0 amide bonds. The fraction of sp³-hybridized carbons (Fsp3) is 0.875. The van der Waals surface area contributed by atoms with Crippen molar-refractivity contribution in [2.24, 2.45) is 0 Å². The van der Waals surface area contributed by atoms with Gasteiger partial charge < -0.3 is 12.7 Å². The Hall–Kier alpha value is 0.0406. The van der Waals surface area contributed by atoms with Gasteiger partial charge in [-0.3, -0.25) is 4.79 Å². The lowest BCUT2D eigenvalue weighted by Crippen LogP contribution is -2.50. The average Bonchev–Trinajstić information content (AvgIpc) is 1.73. The highest BCUT2D eigenvalue weighted by molar-refractivity contribution is 6.82. The van der Waals surface area contributed by atoms with Crippen LogP contribution in [0.1, 0.15) is 6.92 Å². The van der Waals surface area contributed by atoms with Crippen molar-refractivity contribution in [3.8, 4) is 0 Å². The first-order valence-electron chi connectivity index (χ1n) is 5.12. The van der Waals surface area contributed by atoms with Gasteiger partial charge in [0.1, 0.15) is 0 Å². The fourth-order valence-electron chi connectivity index (χ4n) is 1.55. The predicted molar refractivity (Wildman–Crippen MR) is 67.8 cm³/mol. The molecule has 7 heteroatoms. The van der Waals surface area contributed by atoms with Gasteiger partial charge in [-0.25, -0.2) is 0 Å². The first-order valence-corrected chi connectivity index (χ1v) is 13.5. The Bertz CT molecular complexity index is 228. The van der Waals surface area contributed by atoms with E-state index in [1.165, 1.54) is 6.92 Å². The fourth-order valence-corrected chi connectivity index (χ4v) is 12.3. The lowest BCUT2D eigenvalue weighted by molar-refractivity contribution is -0.133. The molecule has 15 heavy (non-hydrogen) atoms. The minimum atomic E-state index is -2.36. The van der Waals surface area contributed by atoms with E-state index in [4.69, 9.17) is 12.7 Å². The Morgan fingerprint density at radius 3 is 1.87 bits per heavy atom. The van der Waals surface area contributed by atoms with Gasteiger partial charge in [-0.15, -0.1) is 0 Å². The summed E-state index contributed by atoms with van der Waals surface area (Å²) in [5.41, 5.74) is 0. The molecular formula is C8H22O4Si3. The summed E-state index contributed by atoms with van der Waals surface area (Å²) in [6.45, 7) is 13.4. The normalized spacial score (nSPS) is 13.1. The third-order valence-electron chi connectivity index (χ3n) is 1.40. The van der Waals surface area contributed by atoms with Crippen molar-refractivity contribution in [3.63, 3.8) is 0 Å². The molecule has 0 fully saturated rings. The van der Waals surface area contributed by atoms with E-state index in [0.717, 1.165) is 0 Å². The van der Waals surface area contributed by atoms with Crippen LogP contribution in [-0.4, -0.2) is 32.1 Å². The molecule has 0 rings (SSSR count). The molecule has 0 bridgehead atoms. The van der Waals surface area contributed by atoms with Crippen LogP contribution in [0.15, 0.2) is 0 Å². The van der Waals surface area contributed by atoms with E-state index >= 15 is 0 Å². The smallest absolute Gasteiger partial charge is 0.386 e. The largest absolute Gasteiger partial charge is 0.495 e. The van der Waals surface area contributed by atoms with E-state index in [0.29, 0.717) is 0 Å². The minimum absolute atomic E-state index is 0.279. The van der Waals surface area contributed by atoms with Gasteiger partial charge >= 0.3 is 17.1 Å². The number of carbonyl (C=O) groups is 1. The Labute approximate surface area is 96.2 Å². The first-order chi connectivity index (χ1) is 6.54. The molecule has 0 spiro atoms. The van der Waals surface area contributed by atoms with Gasteiger partial charge in [-0.2, -0.15) is 0 Å². The topological polar surface area (TPSA) is 44.8 Å². The van der Waals surface area contributed by atoms with Crippen LogP contribution in [0.5, 0.6) is 0 Å². The minimum Gasteiger partial charge on any atom is -0.495 e. The van der Waals surface area contributed by atoms with Crippen LogP contribution < -0.4 is 0 Å². The summed E-state index contributed by atoms with van der Waals surface area (Å²) in [5.74, 6) is -0.279. The Morgan fingerprint density at radius 2 is 1.53 bits per heavy atom. The van der Waals surface area contributed by atoms with Crippen molar-refractivity contribution in [2.45, 2.75) is 46.2 Å². The van der Waals surface area contributed by atoms with E-state index in [1.807, 2.05) is 26.2 Å². The average molecular weight is 267 g/mol. The second-order valence-corrected chi connectivity index (χ2v) is 14.3. The second kappa shape index (κ2) is 5.39. The summed E-state index contributed by atoms with van der Waals surface area (Å²) in [4.78, 5) is 10.9. The number of rotatable bonds is 5. The monoisotopic (exact) mass is 266 g/mol. The van der Waals surface area contributed by atoms with Crippen LogP contribution in [-0.2, 0) is 17.5 Å². The van der Waals surface area contributed by atoms with Crippen LogP contribution in [0, 0.1) is 0 Å². The molecule has 0 atom stereocenters. The van der Waals surface area contributed by atoms with Crippen LogP contribution in [0.3, 0.4) is 0 Å². The van der Waals surface area contributed by atoms with Crippen molar-refractivity contribution in [1.82, 2.24) is 0 Å². The van der Waals surface area contributed by atoms with Crippen molar-refractivity contribution in [1.29, 1.82) is 0 Å². The zero-order valence-electron chi connectivity index (χ0n) is 10.7. The van der Waals surface area contributed by atoms with E-state index in [1.54, 1.807) is 0 Å². The Balaban J connectivity index is 4.35. The highest BCUT2D eigenvalue weighted by Crippen LogP contribution is 2.17. The molecule has 0 aromatic heterocycles. The summed E-state index contributed by atoms with van der Waals surface area (Å²) >= 11 is 0. The molecular weight excluding hydrogens is 244 g/mol. The van der Waals surface area contributed by atoms with E-state index in [-0.39, 0.29) is 5.97 Å². The van der Waals surface area contributed by atoms with Crippen LogP contribution in [0.25, 0.3) is 0 Å². The zero-order chi connectivity index (χ0) is 12.3. The molecule has 0 saturated carbocycles. The SMILES string of the molecule is CC(=O)O[Si](C)(C)O[Si](C)(C)O[SiH](C)C. The molecule has 0 aliphatic carbocycles. The van der Waals surface area contributed by atoms with Gasteiger partial charge in [0.15, 0.2) is 9.04 Å². The molecule has 0 saturated heterocycles. The summed E-state index contributed by atoms with van der Waals surface area (Å²) < 4.78 is 17.0. The number of carbonyl (C=O) groups excluding carboxylic acids is 1. The maximum absolute atomic E-state index is 10.9. The standard InChI is InChI=1S/C8H22O4Si3/c1-8(9)10-14(4,5)12-15(6,7)11-13(2)3/h13H,1-7H3. The molecule has 0 aromatic rings. The highest BCUT2D eigenvalue weighted by Gasteiger charge is 2.38. The highest BCUT2D eigenvalue weighted by atomic mass is 28.5. The molecule has 0 radical (unpaired) electrons. The zero-order valence-corrected chi connectivity index (χ0v) is 13.9. The molecule has 0 unspecified atom stereocenters. The van der Waals surface area contributed by atoms with E-state index in [9.17, 15) is 4.79 Å². The quantitative estimate of drug-likeness (QED) is 0.714. The Kier molecular flexibility index (Phi) is 5.41. The second-order valence-electron chi connectivity index (χ2n) is 4.66. The van der Waals surface area contributed by atoms with Crippen LogP contribution in [0.4, 0.5) is 0 Å². The summed E-state index contributed by atoms with van der Waals surface area (Å²) in [6, 6.07) is 0. The summed E-state index contributed by atoms with van der Waals surface area (Å²) in [6.07, 6.45) is 0. The van der Waals surface area contributed by atoms with Crippen molar-refractivity contribution in [3.05, 3.63) is 0 Å². The molecule has 0 aliphatic rings. The molecule has 4 nitrogen and oxygen atoms in total. The lowest BCUT2D eigenvalue weighted by atomic mass is 10.9. The molecule has 0 aromatic carbocycles. The van der Waals surface area contributed by atoms with Gasteiger partial charge in [0.2, 0.25) is 0 Å².